The van der Waals surface area contributed by atoms with Gasteiger partial charge in [0.25, 0.3) is 10.0 Å². The highest BCUT2D eigenvalue weighted by atomic mass is 32.2. The van der Waals surface area contributed by atoms with Gasteiger partial charge >= 0.3 is 0 Å². The quantitative estimate of drug-likeness (QED) is 0.438. The van der Waals surface area contributed by atoms with Gasteiger partial charge in [0.1, 0.15) is 5.82 Å². The Labute approximate surface area is 196 Å². The molecule has 1 fully saturated rings. The Bertz CT molecular complexity index is 1430. The summed E-state index contributed by atoms with van der Waals surface area (Å²) in [5.74, 6) is -0.290. The summed E-state index contributed by atoms with van der Waals surface area (Å²) < 4.78 is 43.4. The second-order valence-corrected chi connectivity index (χ2v) is 11.8. The molecule has 4 aromatic rings. The van der Waals surface area contributed by atoms with Crippen LogP contribution in [0.2, 0.25) is 0 Å². The normalized spacial score (nSPS) is 18.2. The van der Waals surface area contributed by atoms with E-state index in [0.29, 0.717) is 19.6 Å². The number of rotatable bonds is 4. The number of likely N-dealkylation sites (N-methyl/N-ethyl adjacent to an activating group) is 1. The van der Waals surface area contributed by atoms with Crippen molar-refractivity contribution in [3.05, 3.63) is 70.7 Å². The SMILES string of the molecule is Cc1ncc(S(=O)(=O)N2CCN(C)[C@@H](c3cc4cnn(-c5ccc(F)cc5)c4cc3C)C2)s1. The number of nitrogens with zero attached hydrogens (tertiary/aromatic N) is 5. The first-order valence-electron chi connectivity index (χ1n) is 10.6. The summed E-state index contributed by atoms with van der Waals surface area (Å²) in [7, 11) is -1.56. The van der Waals surface area contributed by atoms with Crippen molar-refractivity contribution >= 4 is 32.3 Å². The molecule has 0 radical (unpaired) electrons. The Morgan fingerprint density at radius 2 is 1.85 bits per heavy atom. The lowest BCUT2D eigenvalue weighted by atomic mass is 9.97. The predicted molar refractivity (Wildman–Crippen MR) is 127 cm³/mol. The molecule has 0 bridgehead atoms. The molecule has 172 valence electrons. The molecule has 3 heterocycles. The lowest BCUT2D eigenvalue weighted by Gasteiger charge is -2.39. The zero-order valence-electron chi connectivity index (χ0n) is 18.6. The summed E-state index contributed by atoms with van der Waals surface area (Å²) in [5, 5.41) is 6.19. The molecule has 1 aliphatic heterocycles. The Hall–Kier alpha value is -2.66. The van der Waals surface area contributed by atoms with Gasteiger partial charge in [0.05, 0.1) is 28.6 Å². The number of piperazine rings is 1. The van der Waals surface area contributed by atoms with E-state index in [1.54, 1.807) is 34.2 Å². The van der Waals surface area contributed by atoms with E-state index in [2.05, 4.69) is 27.1 Å². The second-order valence-electron chi connectivity index (χ2n) is 8.36. The molecule has 10 heteroatoms. The maximum absolute atomic E-state index is 13.3. The fourth-order valence-corrected chi connectivity index (χ4v) is 7.04. The highest BCUT2D eigenvalue weighted by Gasteiger charge is 2.35. The number of sulfonamides is 1. The summed E-state index contributed by atoms with van der Waals surface area (Å²) in [5.41, 5.74) is 3.83. The molecular weight excluding hydrogens is 461 g/mol. The van der Waals surface area contributed by atoms with E-state index in [1.165, 1.54) is 29.7 Å². The topological polar surface area (TPSA) is 71.3 Å². The molecule has 2 aromatic carbocycles. The molecule has 2 aromatic heterocycles. The van der Waals surface area contributed by atoms with Gasteiger partial charge in [0, 0.05) is 31.1 Å². The molecule has 5 rings (SSSR count). The van der Waals surface area contributed by atoms with E-state index in [4.69, 9.17) is 0 Å². The lowest BCUT2D eigenvalue weighted by Crippen LogP contribution is -2.48. The fourth-order valence-electron chi connectivity index (χ4n) is 4.33. The van der Waals surface area contributed by atoms with E-state index in [1.807, 2.05) is 14.0 Å². The summed E-state index contributed by atoms with van der Waals surface area (Å²) in [6, 6.07) is 10.3. The zero-order chi connectivity index (χ0) is 23.3. The number of benzene rings is 2. The predicted octanol–water partition coefficient (Wildman–Crippen LogP) is 3.92. The standard InChI is InChI=1S/C23H24FN5O2S2/c1-15-10-21-17(12-26-29(21)19-6-4-18(24)5-7-19)11-20(15)22-14-28(9-8-27(22)3)33(30,31)23-13-25-16(2)32-23/h4-7,10-13,22H,8-9,14H2,1-3H3/t22-/m1/s1. The van der Waals surface area contributed by atoms with Crippen LogP contribution in [0.5, 0.6) is 0 Å². The van der Waals surface area contributed by atoms with Crippen LogP contribution in [0.15, 0.2) is 53.0 Å². The third-order valence-electron chi connectivity index (χ3n) is 6.19. The second kappa shape index (κ2) is 8.28. The number of aromatic nitrogens is 3. The summed E-state index contributed by atoms with van der Waals surface area (Å²) in [4.78, 5) is 6.32. The van der Waals surface area contributed by atoms with Crippen LogP contribution >= 0.6 is 11.3 Å². The van der Waals surface area contributed by atoms with Crippen molar-refractivity contribution in [1.29, 1.82) is 0 Å². The molecule has 0 aliphatic carbocycles. The van der Waals surface area contributed by atoms with Gasteiger partial charge in [-0.1, -0.05) is 0 Å². The van der Waals surface area contributed by atoms with E-state index in [-0.39, 0.29) is 16.1 Å². The van der Waals surface area contributed by atoms with Crippen LogP contribution in [-0.4, -0.2) is 59.1 Å². The van der Waals surface area contributed by atoms with E-state index in [0.717, 1.165) is 32.7 Å². The van der Waals surface area contributed by atoms with E-state index in [9.17, 15) is 12.8 Å². The largest absolute Gasteiger partial charge is 0.297 e. The van der Waals surface area contributed by atoms with Gasteiger partial charge < -0.3 is 0 Å². The van der Waals surface area contributed by atoms with Crippen molar-refractivity contribution < 1.29 is 12.8 Å². The zero-order valence-corrected chi connectivity index (χ0v) is 20.2. The van der Waals surface area contributed by atoms with Gasteiger partial charge in [-0.2, -0.15) is 9.40 Å². The molecule has 0 N–H and O–H groups in total. The van der Waals surface area contributed by atoms with Crippen molar-refractivity contribution in [2.75, 3.05) is 26.7 Å². The molecule has 0 spiro atoms. The smallest absolute Gasteiger partial charge is 0.254 e. The van der Waals surface area contributed by atoms with Gasteiger partial charge in [0.2, 0.25) is 0 Å². The average molecular weight is 486 g/mol. The summed E-state index contributed by atoms with van der Waals surface area (Å²) >= 11 is 1.20. The molecule has 1 aliphatic rings. The van der Waals surface area contributed by atoms with Crippen molar-refractivity contribution in [2.24, 2.45) is 0 Å². The first-order chi connectivity index (χ1) is 15.7. The van der Waals surface area contributed by atoms with Crippen molar-refractivity contribution in [3.63, 3.8) is 0 Å². The van der Waals surface area contributed by atoms with Crippen molar-refractivity contribution in [1.82, 2.24) is 24.0 Å². The summed E-state index contributed by atoms with van der Waals surface area (Å²) in [6.45, 7) is 5.28. The van der Waals surface area contributed by atoms with Crippen LogP contribution in [0, 0.1) is 19.7 Å². The molecule has 0 saturated carbocycles. The van der Waals surface area contributed by atoms with E-state index >= 15 is 0 Å². The highest BCUT2D eigenvalue weighted by molar-refractivity contribution is 7.91. The Morgan fingerprint density at radius 3 is 2.55 bits per heavy atom. The lowest BCUT2D eigenvalue weighted by molar-refractivity contribution is 0.148. The Kier molecular flexibility index (Phi) is 5.56. The molecule has 33 heavy (non-hydrogen) atoms. The Balaban J connectivity index is 1.50. The van der Waals surface area contributed by atoms with Crippen LogP contribution in [0.1, 0.15) is 22.2 Å². The molecule has 0 amide bonds. The van der Waals surface area contributed by atoms with Crippen LogP contribution in [-0.2, 0) is 10.0 Å². The number of hydrogen-bond acceptors (Lipinski definition) is 6. The van der Waals surface area contributed by atoms with Crippen LogP contribution in [0.3, 0.4) is 0 Å². The first-order valence-corrected chi connectivity index (χ1v) is 12.9. The minimum atomic E-state index is -3.58. The third kappa shape index (κ3) is 3.97. The fraction of sp³-hybridized carbons (Fsp3) is 0.304. The molecule has 7 nitrogen and oxygen atoms in total. The third-order valence-corrected chi connectivity index (χ3v) is 9.41. The highest BCUT2D eigenvalue weighted by Crippen LogP contribution is 2.33. The maximum Gasteiger partial charge on any atom is 0.254 e. The molecule has 1 atom stereocenters. The van der Waals surface area contributed by atoms with Crippen LogP contribution in [0.4, 0.5) is 4.39 Å². The minimum absolute atomic E-state index is 0.0823. The van der Waals surface area contributed by atoms with Gasteiger partial charge in [-0.25, -0.2) is 22.5 Å². The van der Waals surface area contributed by atoms with Gasteiger partial charge in [-0.15, -0.1) is 11.3 Å². The Morgan fingerprint density at radius 1 is 1.09 bits per heavy atom. The maximum atomic E-state index is 13.3. The van der Waals surface area contributed by atoms with Gasteiger partial charge in [0.15, 0.2) is 4.21 Å². The van der Waals surface area contributed by atoms with Gasteiger partial charge in [-0.3, -0.25) is 4.90 Å². The first kappa shape index (κ1) is 22.1. The minimum Gasteiger partial charge on any atom is -0.297 e. The van der Waals surface area contributed by atoms with Gasteiger partial charge in [-0.05, 0) is 68.4 Å². The monoisotopic (exact) mass is 485 g/mol. The summed E-state index contributed by atoms with van der Waals surface area (Å²) in [6.07, 6.45) is 3.24. The van der Waals surface area contributed by atoms with Crippen molar-refractivity contribution in [3.8, 4) is 5.69 Å². The average Bonchev–Trinajstić information content (AvgIpc) is 3.40. The molecule has 1 saturated heterocycles. The molecule has 0 unspecified atom stereocenters. The molecular formula is C23H24FN5O2S2. The number of halogens is 1. The number of aryl methyl sites for hydroxylation is 2. The van der Waals surface area contributed by atoms with E-state index < -0.39 is 10.0 Å². The van der Waals surface area contributed by atoms with Crippen molar-refractivity contribution in [2.45, 2.75) is 24.1 Å². The number of thiazole rings is 1. The number of hydrogen-bond donors (Lipinski definition) is 0. The van der Waals surface area contributed by atoms with Crippen LogP contribution in [0.25, 0.3) is 16.6 Å². The van der Waals surface area contributed by atoms with Crippen LogP contribution < -0.4 is 0 Å². The number of fused-ring (bicyclic) bond motifs is 1.